The fourth-order valence-electron chi connectivity index (χ4n) is 3.10. The van der Waals surface area contributed by atoms with Crippen LogP contribution in [0.2, 0.25) is 5.02 Å². The molecule has 0 fully saturated rings. The van der Waals surface area contributed by atoms with Crippen LogP contribution in [0.1, 0.15) is 34.8 Å². The first-order valence-corrected chi connectivity index (χ1v) is 9.94. The van der Waals surface area contributed by atoms with Crippen molar-refractivity contribution in [2.45, 2.75) is 19.8 Å². The van der Waals surface area contributed by atoms with E-state index in [-0.39, 0.29) is 5.91 Å². The van der Waals surface area contributed by atoms with E-state index in [0.717, 1.165) is 29.5 Å². The quantitative estimate of drug-likeness (QED) is 0.497. The van der Waals surface area contributed by atoms with E-state index in [2.05, 4.69) is 41.7 Å². The zero-order valence-corrected chi connectivity index (χ0v) is 16.7. The smallest absolute Gasteiger partial charge is 0.251 e. The molecular weight excluding hydrogens is 366 g/mol. The van der Waals surface area contributed by atoms with Crippen LogP contribution < -0.4 is 5.32 Å². The molecule has 0 aliphatic carbocycles. The Balaban J connectivity index is 1.80. The summed E-state index contributed by atoms with van der Waals surface area (Å²) in [4.78, 5) is 12.6. The molecule has 0 radical (unpaired) electrons. The van der Waals surface area contributed by atoms with Gasteiger partial charge in [0.15, 0.2) is 0 Å². The minimum absolute atomic E-state index is 0.0630. The largest absolute Gasteiger partial charge is 0.352 e. The first-order valence-electron chi connectivity index (χ1n) is 9.56. The van der Waals surface area contributed by atoms with Gasteiger partial charge in [0, 0.05) is 17.1 Å². The van der Waals surface area contributed by atoms with E-state index in [9.17, 15) is 4.79 Å². The molecule has 0 saturated heterocycles. The lowest BCUT2D eigenvalue weighted by atomic mass is 9.96. The van der Waals surface area contributed by atoms with Gasteiger partial charge in [-0.25, -0.2) is 0 Å². The van der Waals surface area contributed by atoms with Gasteiger partial charge in [0.2, 0.25) is 0 Å². The average molecular weight is 390 g/mol. The summed E-state index contributed by atoms with van der Waals surface area (Å²) >= 11 is 6.00. The van der Waals surface area contributed by atoms with Gasteiger partial charge in [0.25, 0.3) is 5.91 Å². The summed E-state index contributed by atoms with van der Waals surface area (Å²) < 4.78 is 0. The molecule has 3 rings (SSSR count). The normalized spacial score (nSPS) is 10.9. The van der Waals surface area contributed by atoms with E-state index in [4.69, 9.17) is 11.6 Å². The second-order valence-corrected chi connectivity index (χ2v) is 7.03. The van der Waals surface area contributed by atoms with Crippen molar-refractivity contribution in [2.24, 2.45) is 0 Å². The van der Waals surface area contributed by atoms with Gasteiger partial charge in [-0.3, -0.25) is 4.79 Å². The Morgan fingerprint density at radius 2 is 1.75 bits per heavy atom. The second kappa shape index (κ2) is 9.91. The Labute approximate surface area is 171 Å². The number of nitrogens with one attached hydrogen (secondary N) is 1. The number of amides is 1. The Kier molecular flexibility index (Phi) is 7.05. The summed E-state index contributed by atoms with van der Waals surface area (Å²) in [6, 6.07) is 24.0. The van der Waals surface area contributed by atoms with Crippen LogP contribution in [0.15, 0.2) is 78.9 Å². The van der Waals surface area contributed by atoms with Crippen LogP contribution in [0.3, 0.4) is 0 Å². The third kappa shape index (κ3) is 5.34. The first-order chi connectivity index (χ1) is 13.7. The van der Waals surface area contributed by atoms with Crippen molar-refractivity contribution in [1.82, 2.24) is 5.32 Å². The minimum atomic E-state index is -0.0630. The molecule has 0 aliphatic rings. The molecule has 1 amide bonds. The van der Waals surface area contributed by atoms with Gasteiger partial charge >= 0.3 is 0 Å². The molecule has 0 aliphatic heterocycles. The number of benzene rings is 3. The first kappa shape index (κ1) is 19.9. The third-order valence-electron chi connectivity index (χ3n) is 4.53. The lowest BCUT2D eigenvalue weighted by Crippen LogP contribution is -2.23. The molecule has 1 N–H and O–H groups in total. The molecule has 0 saturated carbocycles. The Bertz CT molecular complexity index is 946. The number of aryl methyl sites for hydroxylation is 1. The molecule has 0 unspecified atom stereocenters. The topological polar surface area (TPSA) is 29.1 Å². The summed E-state index contributed by atoms with van der Waals surface area (Å²) in [5, 5.41) is 3.59. The van der Waals surface area contributed by atoms with Gasteiger partial charge < -0.3 is 5.32 Å². The zero-order valence-electron chi connectivity index (χ0n) is 16.0. The summed E-state index contributed by atoms with van der Waals surface area (Å²) in [7, 11) is 0. The molecular formula is C25H24ClNO. The van der Waals surface area contributed by atoms with Crippen LogP contribution in [0.25, 0.3) is 17.2 Å². The van der Waals surface area contributed by atoms with E-state index in [0.29, 0.717) is 17.1 Å². The molecule has 0 atom stereocenters. The van der Waals surface area contributed by atoms with Crippen LogP contribution in [-0.4, -0.2) is 12.5 Å². The highest BCUT2D eigenvalue weighted by atomic mass is 35.5. The van der Waals surface area contributed by atoms with Crippen LogP contribution in [0.4, 0.5) is 0 Å². The maximum absolute atomic E-state index is 12.6. The Hall–Kier alpha value is -2.84. The number of rotatable bonds is 7. The molecule has 0 spiro atoms. The maximum atomic E-state index is 12.6. The highest BCUT2D eigenvalue weighted by Gasteiger charge is 2.12. The third-order valence-corrected chi connectivity index (χ3v) is 4.79. The Morgan fingerprint density at radius 3 is 2.46 bits per heavy atom. The van der Waals surface area contributed by atoms with Crippen molar-refractivity contribution in [3.8, 4) is 11.1 Å². The number of carbonyl (C=O) groups excluding carboxylic acids is 1. The van der Waals surface area contributed by atoms with Crippen molar-refractivity contribution in [3.05, 3.63) is 101 Å². The lowest BCUT2D eigenvalue weighted by molar-refractivity contribution is 0.0956. The number of hydrogen-bond acceptors (Lipinski definition) is 1. The van der Waals surface area contributed by atoms with Gasteiger partial charge in [-0.1, -0.05) is 78.4 Å². The summed E-state index contributed by atoms with van der Waals surface area (Å²) in [6.45, 7) is 2.52. The van der Waals surface area contributed by atoms with Crippen molar-refractivity contribution < 1.29 is 4.79 Å². The zero-order chi connectivity index (χ0) is 19.8. The molecule has 0 aromatic heterocycles. The summed E-state index contributed by atoms with van der Waals surface area (Å²) in [5.41, 5.74) is 4.91. The van der Waals surface area contributed by atoms with E-state index in [1.54, 1.807) is 0 Å². The number of halogens is 1. The monoisotopic (exact) mass is 389 g/mol. The fraction of sp³-hybridized carbons (Fsp3) is 0.160. The summed E-state index contributed by atoms with van der Waals surface area (Å²) in [5.74, 6) is -0.0630. The van der Waals surface area contributed by atoms with Crippen molar-refractivity contribution >= 4 is 23.6 Å². The van der Waals surface area contributed by atoms with Crippen LogP contribution in [0, 0.1) is 0 Å². The predicted molar refractivity (Wildman–Crippen MR) is 119 cm³/mol. The average Bonchev–Trinajstić information content (AvgIpc) is 2.73. The highest BCUT2D eigenvalue weighted by Crippen LogP contribution is 2.27. The van der Waals surface area contributed by atoms with Crippen molar-refractivity contribution in [1.29, 1.82) is 0 Å². The standard InChI is InChI=1S/C25H24ClNO/c1-2-27-25(28)24-18-20(11-7-6-10-19-8-4-3-5-9-19)12-17-23(24)21-13-15-22(26)16-14-21/h3-5,7-9,11-18H,2,6,10H2,1H3,(H,27,28)/b11-7-. The van der Waals surface area contributed by atoms with E-state index in [1.165, 1.54) is 5.56 Å². The SMILES string of the molecule is CCNC(=O)c1cc(/C=C\CCc2ccccc2)ccc1-c1ccc(Cl)cc1. The van der Waals surface area contributed by atoms with E-state index >= 15 is 0 Å². The number of carbonyl (C=O) groups is 1. The lowest BCUT2D eigenvalue weighted by Gasteiger charge is -2.11. The van der Waals surface area contributed by atoms with Gasteiger partial charge in [-0.15, -0.1) is 0 Å². The number of allylic oxidation sites excluding steroid dienone is 1. The van der Waals surface area contributed by atoms with E-state index < -0.39 is 0 Å². The second-order valence-electron chi connectivity index (χ2n) is 6.60. The maximum Gasteiger partial charge on any atom is 0.251 e. The molecule has 3 aromatic rings. The predicted octanol–water partition coefficient (Wildman–Crippen LogP) is 6.40. The molecule has 2 nitrogen and oxygen atoms in total. The molecule has 3 heteroatoms. The van der Waals surface area contributed by atoms with Gasteiger partial charge in [0.05, 0.1) is 0 Å². The van der Waals surface area contributed by atoms with Crippen LogP contribution >= 0.6 is 11.6 Å². The fourth-order valence-corrected chi connectivity index (χ4v) is 3.23. The molecule has 142 valence electrons. The molecule has 3 aromatic carbocycles. The minimum Gasteiger partial charge on any atom is -0.352 e. The van der Waals surface area contributed by atoms with Crippen LogP contribution in [-0.2, 0) is 6.42 Å². The molecule has 28 heavy (non-hydrogen) atoms. The number of hydrogen-bond donors (Lipinski definition) is 1. The molecule has 0 bridgehead atoms. The van der Waals surface area contributed by atoms with Crippen molar-refractivity contribution in [2.75, 3.05) is 6.54 Å². The van der Waals surface area contributed by atoms with Gasteiger partial charge in [-0.05, 0) is 60.2 Å². The van der Waals surface area contributed by atoms with Gasteiger partial charge in [0.1, 0.15) is 0 Å². The Morgan fingerprint density at radius 1 is 1.00 bits per heavy atom. The summed E-state index contributed by atoms with van der Waals surface area (Å²) in [6.07, 6.45) is 6.20. The van der Waals surface area contributed by atoms with Crippen LogP contribution in [0.5, 0.6) is 0 Å². The molecule has 0 heterocycles. The van der Waals surface area contributed by atoms with Crippen molar-refractivity contribution in [3.63, 3.8) is 0 Å². The van der Waals surface area contributed by atoms with E-state index in [1.807, 2.05) is 55.5 Å². The van der Waals surface area contributed by atoms with Gasteiger partial charge in [-0.2, -0.15) is 0 Å². The highest BCUT2D eigenvalue weighted by molar-refractivity contribution is 6.30.